The van der Waals surface area contributed by atoms with Crippen LogP contribution in [0, 0.1) is 11.3 Å². The lowest BCUT2D eigenvalue weighted by Gasteiger charge is -2.38. The van der Waals surface area contributed by atoms with Gasteiger partial charge >= 0.3 is 0 Å². The van der Waals surface area contributed by atoms with Gasteiger partial charge < -0.3 is 20.5 Å². The molecule has 1 unspecified atom stereocenters. The van der Waals surface area contributed by atoms with E-state index in [-0.39, 0.29) is 28.8 Å². The topological polar surface area (TPSA) is 156 Å². The van der Waals surface area contributed by atoms with Crippen LogP contribution in [0.5, 0.6) is 11.5 Å². The summed E-state index contributed by atoms with van der Waals surface area (Å²) in [6.07, 6.45) is 3.23. The molecule has 5 rings (SSSR count). The summed E-state index contributed by atoms with van der Waals surface area (Å²) in [6.45, 7) is 0. The SMILES string of the molecule is COc1ccc(C2C(C#N)=C(N)N(c3nnc(SCC(=O)Nc4nccs4)s3)C3=C2C(=O)CCC3)cc1OC. The predicted molar refractivity (Wildman–Crippen MR) is 149 cm³/mol. The van der Waals surface area contributed by atoms with Crippen LogP contribution in [0.2, 0.25) is 0 Å². The standard InChI is InChI=1S/C25H23N7O4S3/c1-35-17-7-6-13(10-18(17)36-2)20-14(11-26)22(27)32(15-4-3-5-16(33)21(15)20)24-30-31-25(39-24)38-12-19(34)29-23-28-8-9-37-23/h6-10,20H,3-5,12,27H2,1-2H3,(H,28,29,34). The summed E-state index contributed by atoms with van der Waals surface area (Å²) in [5, 5.41) is 24.2. The largest absolute Gasteiger partial charge is 0.493 e. The molecule has 0 radical (unpaired) electrons. The second kappa shape index (κ2) is 11.4. The molecule has 3 heterocycles. The third-order valence-electron chi connectivity index (χ3n) is 6.25. The fourth-order valence-electron chi connectivity index (χ4n) is 4.59. The quantitative estimate of drug-likeness (QED) is 0.370. The number of nitrogens with two attached hydrogens (primary N) is 1. The van der Waals surface area contributed by atoms with Crippen LogP contribution in [0.4, 0.5) is 10.3 Å². The van der Waals surface area contributed by atoms with Crippen LogP contribution in [0.15, 0.2) is 56.8 Å². The van der Waals surface area contributed by atoms with Crippen molar-refractivity contribution in [3.8, 4) is 17.6 Å². The number of methoxy groups -OCH3 is 2. The summed E-state index contributed by atoms with van der Waals surface area (Å²) >= 11 is 3.80. The summed E-state index contributed by atoms with van der Waals surface area (Å²) in [5.41, 5.74) is 8.79. The number of allylic oxidation sites excluding steroid dienone is 3. The molecule has 39 heavy (non-hydrogen) atoms. The molecular formula is C25H23N7O4S3. The maximum absolute atomic E-state index is 13.3. The number of Topliss-reactive ketones (excluding diaryl/α,β-unsaturated/α-hetero) is 1. The minimum Gasteiger partial charge on any atom is -0.493 e. The highest BCUT2D eigenvalue weighted by Crippen LogP contribution is 2.48. The first-order chi connectivity index (χ1) is 18.9. The lowest BCUT2D eigenvalue weighted by atomic mass is 9.75. The lowest BCUT2D eigenvalue weighted by Crippen LogP contribution is -2.38. The van der Waals surface area contributed by atoms with E-state index in [0.717, 1.165) is 0 Å². The maximum atomic E-state index is 13.3. The second-order valence-electron chi connectivity index (χ2n) is 8.46. The molecule has 1 aliphatic carbocycles. The van der Waals surface area contributed by atoms with Gasteiger partial charge in [0.2, 0.25) is 11.0 Å². The smallest absolute Gasteiger partial charge is 0.236 e. The van der Waals surface area contributed by atoms with Gasteiger partial charge in [0.1, 0.15) is 5.82 Å². The van der Waals surface area contributed by atoms with Gasteiger partial charge in [-0.05, 0) is 30.5 Å². The van der Waals surface area contributed by atoms with Crippen molar-refractivity contribution in [1.29, 1.82) is 5.26 Å². The second-order valence-corrected chi connectivity index (χ2v) is 11.5. The number of thiazole rings is 1. The molecule has 3 N–H and O–H groups in total. The molecule has 2 aromatic heterocycles. The molecule has 0 saturated carbocycles. The minimum absolute atomic E-state index is 0.0424. The van der Waals surface area contributed by atoms with Crippen LogP contribution in [0.25, 0.3) is 0 Å². The Labute approximate surface area is 236 Å². The van der Waals surface area contributed by atoms with Gasteiger partial charge in [0.25, 0.3) is 0 Å². The fraction of sp³-hybridized carbons (Fsp3) is 0.280. The van der Waals surface area contributed by atoms with E-state index < -0.39 is 5.92 Å². The number of ketones is 1. The third kappa shape index (κ3) is 5.20. The Morgan fingerprint density at radius 2 is 2.10 bits per heavy atom. The van der Waals surface area contributed by atoms with E-state index in [4.69, 9.17) is 15.2 Å². The summed E-state index contributed by atoms with van der Waals surface area (Å²) in [7, 11) is 3.08. The van der Waals surface area contributed by atoms with Crippen LogP contribution in [0.3, 0.4) is 0 Å². The number of rotatable bonds is 8. The van der Waals surface area contributed by atoms with Crippen LogP contribution in [-0.2, 0) is 9.59 Å². The summed E-state index contributed by atoms with van der Waals surface area (Å²) in [6, 6.07) is 7.57. The monoisotopic (exact) mass is 581 g/mol. The van der Waals surface area contributed by atoms with Gasteiger partial charge in [-0.15, -0.1) is 21.5 Å². The average Bonchev–Trinajstić information content (AvgIpc) is 3.63. The molecule has 11 nitrogen and oxygen atoms in total. The number of nitriles is 1. The van der Waals surface area contributed by atoms with Crippen molar-refractivity contribution in [2.75, 3.05) is 30.2 Å². The number of benzene rings is 1. The number of carbonyl (C=O) groups is 2. The Balaban J connectivity index is 1.48. The zero-order valence-corrected chi connectivity index (χ0v) is 23.4. The van der Waals surface area contributed by atoms with Crippen molar-refractivity contribution in [3.05, 3.63) is 58.0 Å². The van der Waals surface area contributed by atoms with E-state index in [0.29, 0.717) is 62.2 Å². The number of hydrogen-bond donors (Lipinski definition) is 2. The number of anilines is 2. The van der Waals surface area contributed by atoms with Gasteiger partial charge in [-0.2, -0.15) is 5.26 Å². The van der Waals surface area contributed by atoms with Gasteiger partial charge in [0.15, 0.2) is 26.8 Å². The van der Waals surface area contributed by atoms with Gasteiger partial charge in [0.05, 0.1) is 37.5 Å². The van der Waals surface area contributed by atoms with Crippen LogP contribution in [0.1, 0.15) is 30.7 Å². The maximum Gasteiger partial charge on any atom is 0.236 e. The molecule has 1 aliphatic heterocycles. The molecule has 1 aromatic carbocycles. The number of amides is 1. The third-order valence-corrected chi connectivity index (χ3v) is 8.98. The van der Waals surface area contributed by atoms with Gasteiger partial charge in [-0.25, -0.2) is 4.98 Å². The number of hydrogen-bond acceptors (Lipinski definition) is 13. The van der Waals surface area contributed by atoms with Gasteiger partial charge in [-0.1, -0.05) is 29.2 Å². The summed E-state index contributed by atoms with van der Waals surface area (Å²) in [5.74, 6) is 0.443. The van der Waals surface area contributed by atoms with Crippen molar-refractivity contribution in [1.82, 2.24) is 15.2 Å². The first kappa shape index (κ1) is 26.7. The number of aromatic nitrogens is 3. The Morgan fingerprint density at radius 1 is 1.28 bits per heavy atom. The van der Waals surface area contributed by atoms with E-state index in [1.807, 2.05) is 6.07 Å². The van der Waals surface area contributed by atoms with Gasteiger partial charge in [-0.3, -0.25) is 14.5 Å². The number of ether oxygens (including phenoxy) is 2. The zero-order valence-electron chi connectivity index (χ0n) is 21.0. The summed E-state index contributed by atoms with van der Waals surface area (Å²) < 4.78 is 11.4. The zero-order chi connectivity index (χ0) is 27.5. The highest BCUT2D eigenvalue weighted by molar-refractivity contribution is 8.01. The molecule has 1 atom stereocenters. The van der Waals surface area contributed by atoms with Crippen molar-refractivity contribution >= 4 is 56.4 Å². The van der Waals surface area contributed by atoms with Crippen molar-refractivity contribution in [2.45, 2.75) is 29.5 Å². The highest BCUT2D eigenvalue weighted by Gasteiger charge is 2.41. The lowest BCUT2D eigenvalue weighted by molar-refractivity contribution is -0.116. The van der Waals surface area contributed by atoms with E-state index in [1.54, 1.807) is 35.7 Å². The molecule has 0 fully saturated rings. The Bertz CT molecular complexity index is 1520. The molecule has 200 valence electrons. The minimum atomic E-state index is -0.648. The first-order valence-corrected chi connectivity index (χ1v) is 14.5. The van der Waals surface area contributed by atoms with Crippen LogP contribution < -0.4 is 25.4 Å². The van der Waals surface area contributed by atoms with Crippen molar-refractivity contribution in [3.63, 3.8) is 0 Å². The predicted octanol–water partition coefficient (Wildman–Crippen LogP) is 4.05. The number of carbonyl (C=O) groups excluding carboxylic acids is 2. The normalized spacial score (nSPS) is 17.1. The van der Waals surface area contributed by atoms with E-state index in [2.05, 4.69) is 26.6 Å². The summed E-state index contributed by atoms with van der Waals surface area (Å²) in [4.78, 5) is 31.3. The Morgan fingerprint density at radius 3 is 2.82 bits per heavy atom. The molecule has 2 aliphatic rings. The molecular weight excluding hydrogens is 559 g/mol. The van der Waals surface area contributed by atoms with Crippen molar-refractivity contribution < 1.29 is 19.1 Å². The molecule has 0 bridgehead atoms. The first-order valence-electron chi connectivity index (χ1n) is 11.8. The Hall–Kier alpha value is -3.93. The number of nitrogens with zero attached hydrogens (tertiary/aromatic N) is 5. The highest BCUT2D eigenvalue weighted by atomic mass is 32.2. The molecule has 14 heteroatoms. The van der Waals surface area contributed by atoms with E-state index in [9.17, 15) is 14.9 Å². The van der Waals surface area contributed by atoms with E-state index >= 15 is 0 Å². The van der Waals surface area contributed by atoms with Gasteiger partial charge in [0, 0.05) is 29.3 Å². The van der Waals surface area contributed by atoms with E-state index in [1.165, 1.54) is 41.5 Å². The van der Waals surface area contributed by atoms with Crippen LogP contribution in [-0.4, -0.2) is 46.8 Å². The molecule has 0 spiro atoms. The Kier molecular flexibility index (Phi) is 7.82. The molecule has 3 aromatic rings. The van der Waals surface area contributed by atoms with Crippen molar-refractivity contribution in [2.24, 2.45) is 5.73 Å². The fourth-order valence-corrected chi connectivity index (χ4v) is 6.82. The molecule has 0 saturated heterocycles. The molecule has 1 amide bonds. The van der Waals surface area contributed by atoms with Crippen LogP contribution >= 0.6 is 34.4 Å². The number of thioether (sulfide) groups is 1. The number of nitrogens with one attached hydrogen (secondary N) is 1. The average molecular weight is 582 g/mol.